The highest BCUT2D eigenvalue weighted by Crippen LogP contribution is 2.19. The maximum atomic E-state index is 12.1. The summed E-state index contributed by atoms with van der Waals surface area (Å²) in [6.45, 7) is 0. The average Bonchev–Trinajstić information content (AvgIpc) is 2.61. The molecule has 0 saturated heterocycles. The van der Waals surface area contributed by atoms with Crippen LogP contribution in [-0.2, 0) is 0 Å². The molecule has 3 aromatic rings. The van der Waals surface area contributed by atoms with Crippen molar-refractivity contribution in [1.82, 2.24) is 5.43 Å². The highest BCUT2D eigenvalue weighted by Gasteiger charge is 2.13. The van der Waals surface area contributed by atoms with E-state index in [2.05, 4.69) is 10.5 Å². The summed E-state index contributed by atoms with van der Waals surface area (Å²) in [5.41, 5.74) is 8.76. The summed E-state index contributed by atoms with van der Waals surface area (Å²) in [6.07, 6.45) is 1.53. The Balaban J connectivity index is 1.80. The van der Waals surface area contributed by atoms with Crippen LogP contribution in [0.3, 0.4) is 0 Å². The molecule has 0 atom stereocenters. The number of nitrogens with two attached hydrogens (primary N) is 1. The molecule has 3 N–H and O–H groups in total. The van der Waals surface area contributed by atoms with Gasteiger partial charge in [0.2, 0.25) is 0 Å². The van der Waals surface area contributed by atoms with E-state index in [4.69, 9.17) is 5.73 Å². The number of hydrogen-bond acceptors (Lipinski definition) is 5. The van der Waals surface area contributed by atoms with Gasteiger partial charge in [-0.05, 0) is 16.8 Å². The Hall–Kier alpha value is -3.74. The monoisotopic (exact) mass is 334 g/mol. The molecule has 0 bridgehead atoms. The van der Waals surface area contributed by atoms with Crippen LogP contribution in [0.2, 0.25) is 0 Å². The van der Waals surface area contributed by atoms with E-state index in [0.29, 0.717) is 0 Å². The normalized spacial score (nSPS) is 10.9. The topological polar surface area (TPSA) is 111 Å². The minimum absolute atomic E-state index is 0.0711. The molecule has 124 valence electrons. The van der Waals surface area contributed by atoms with Gasteiger partial charge in [0.15, 0.2) is 0 Å². The number of anilines is 1. The first kappa shape index (κ1) is 16.1. The highest BCUT2D eigenvalue weighted by atomic mass is 16.6. The average molecular weight is 334 g/mol. The van der Waals surface area contributed by atoms with Crippen LogP contribution in [-0.4, -0.2) is 17.0 Å². The smallest absolute Gasteiger partial charge is 0.272 e. The van der Waals surface area contributed by atoms with Gasteiger partial charge in [0.25, 0.3) is 11.6 Å². The van der Waals surface area contributed by atoms with Crippen molar-refractivity contribution in [2.24, 2.45) is 5.10 Å². The van der Waals surface area contributed by atoms with Crippen molar-refractivity contribution in [3.63, 3.8) is 0 Å². The zero-order valence-electron chi connectivity index (χ0n) is 13.0. The quantitative estimate of drug-likeness (QED) is 0.330. The summed E-state index contributed by atoms with van der Waals surface area (Å²) < 4.78 is 0. The third kappa shape index (κ3) is 3.61. The Morgan fingerprint density at radius 3 is 2.68 bits per heavy atom. The molecule has 7 nitrogen and oxygen atoms in total. The third-order valence-electron chi connectivity index (χ3n) is 3.61. The van der Waals surface area contributed by atoms with E-state index in [1.807, 2.05) is 42.5 Å². The molecule has 0 aromatic heterocycles. The zero-order chi connectivity index (χ0) is 17.8. The lowest BCUT2D eigenvalue weighted by Gasteiger charge is -2.03. The minimum atomic E-state index is -0.605. The second kappa shape index (κ2) is 6.79. The van der Waals surface area contributed by atoms with Crippen molar-refractivity contribution in [1.29, 1.82) is 0 Å². The SMILES string of the molecule is Nc1cc(C(=O)NN=Cc2cccc3ccccc23)cc([N+](=O)[O-])c1. The number of carbonyl (C=O) groups is 1. The first-order chi connectivity index (χ1) is 12.0. The number of nitrogens with zero attached hydrogens (tertiary/aromatic N) is 2. The van der Waals surface area contributed by atoms with E-state index in [0.717, 1.165) is 22.4 Å². The lowest BCUT2D eigenvalue weighted by atomic mass is 10.1. The molecule has 0 unspecified atom stereocenters. The Bertz CT molecular complexity index is 993. The van der Waals surface area contributed by atoms with Gasteiger partial charge in [-0.3, -0.25) is 14.9 Å². The van der Waals surface area contributed by atoms with Crippen molar-refractivity contribution in [3.8, 4) is 0 Å². The molecular weight excluding hydrogens is 320 g/mol. The number of benzene rings is 3. The summed E-state index contributed by atoms with van der Waals surface area (Å²) in [5, 5.41) is 16.8. The van der Waals surface area contributed by atoms with Gasteiger partial charge >= 0.3 is 0 Å². The van der Waals surface area contributed by atoms with Gasteiger partial charge in [-0.25, -0.2) is 5.43 Å². The number of carbonyl (C=O) groups excluding carboxylic acids is 1. The standard InChI is InChI=1S/C18H14N4O3/c19-15-8-14(9-16(10-15)22(24)25)18(23)21-20-11-13-6-3-5-12-4-1-2-7-17(12)13/h1-11H,19H2,(H,21,23). The van der Waals surface area contributed by atoms with Crippen molar-refractivity contribution in [2.75, 3.05) is 5.73 Å². The molecular formula is C18H14N4O3. The van der Waals surface area contributed by atoms with Crippen LogP contribution in [0, 0.1) is 10.1 Å². The number of amides is 1. The third-order valence-corrected chi connectivity index (χ3v) is 3.61. The van der Waals surface area contributed by atoms with Gasteiger partial charge in [-0.2, -0.15) is 5.10 Å². The van der Waals surface area contributed by atoms with Crippen molar-refractivity contribution in [2.45, 2.75) is 0 Å². The number of non-ortho nitro benzene ring substituents is 1. The second-order valence-electron chi connectivity index (χ2n) is 5.34. The van der Waals surface area contributed by atoms with E-state index in [1.165, 1.54) is 18.3 Å². The fourth-order valence-corrected chi connectivity index (χ4v) is 2.46. The molecule has 3 rings (SSSR count). The van der Waals surface area contributed by atoms with E-state index >= 15 is 0 Å². The van der Waals surface area contributed by atoms with Gasteiger partial charge < -0.3 is 5.73 Å². The van der Waals surface area contributed by atoms with Gasteiger partial charge in [-0.1, -0.05) is 42.5 Å². The Kier molecular flexibility index (Phi) is 4.38. The molecule has 0 saturated carbocycles. The summed E-state index contributed by atoms with van der Waals surface area (Å²) in [6, 6.07) is 17.3. The van der Waals surface area contributed by atoms with Crippen LogP contribution in [0.1, 0.15) is 15.9 Å². The maximum Gasteiger partial charge on any atom is 0.272 e. The first-order valence-corrected chi connectivity index (χ1v) is 7.41. The summed E-state index contributed by atoms with van der Waals surface area (Å²) >= 11 is 0. The summed E-state index contributed by atoms with van der Waals surface area (Å²) in [7, 11) is 0. The first-order valence-electron chi connectivity index (χ1n) is 7.41. The predicted octanol–water partition coefficient (Wildman–Crippen LogP) is 3.09. The van der Waals surface area contributed by atoms with E-state index in [9.17, 15) is 14.9 Å². The number of hydrogen-bond donors (Lipinski definition) is 2. The van der Waals surface area contributed by atoms with Crippen LogP contribution in [0.15, 0.2) is 65.8 Å². The fraction of sp³-hybridized carbons (Fsp3) is 0. The molecule has 0 fully saturated rings. The zero-order valence-corrected chi connectivity index (χ0v) is 13.0. The number of hydrazone groups is 1. The number of nitrogen functional groups attached to an aromatic ring is 1. The number of nitro benzene ring substituents is 1. The molecule has 0 aliphatic carbocycles. The molecule has 3 aromatic carbocycles. The van der Waals surface area contributed by atoms with Gasteiger partial charge in [0.1, 0.15) is 0 Å². The molecule has 0 aliphatic heterocycles. The number of rotatable bonds is 4. The molecule has 7 heteroatoms. The van der Waals surface area contributed by atoms with Crippen molar-refractivity contribution < 1.29 is 9.72 Å². The van der Waals surface area contributed by atoms with Crippen LogP contribution in [0.5, 0.6) is 0 Å². The number of fused-ring (bicyclic) bond motifs is 1. The molecule has 0 heterocycles. The largest absolute Gasteiger partial charge is 0.399 e. The summed E-state index contributed by atoms with van der Waals surface area (Å²) in [4.78, 5) is 22.4. The van der Waals surface area contributed by atoms with Crippen LogP contribution < -0.4 is 11.2 Å². The van der Waals surface area contributed by atoms with E-state index in [-0.39, 0.29) is 16.9 Å². The van der Waals surface area contributed by atoms with Crippen molar-refractivity contribution in [3.05, 3.63) is 81.9 Å². The molecule has 0 aliphatic rings. The van der Waals surface area contributed by atoms with Gasteiger partial charge in [0.05, 0.1) is 16.7 Å². The van der Waals surface area contributed by atoms with Gasteiger partial charge in [0, 0.05) is 23.4 Å². The van der Waals surface area contributed by atoms with Crippen LogP contribution >= 0.6 is 0 Å². The lowest BCUT2D eigenvalue weighted by Crippen LogP contribution is -2.18. The molecule has 0 radical (unpaired) electrons. The van der Waals surface area contributed by atoms with Gasteiger partial charge in [-0.15, -0.1) is 0 Å². The predicted molar refractivity (Wildman–Crippen MR) is 96.5 cm³/mol. The van der Waals surface area contributed by atoms with E-state index in [1.54, 1.807) is 0 Å². The number of nitrogens with one attached hydrogen (secondary N) is 1. The molecule has 1 amide bonds. The van der Waals surface area contributed by atoms with Crippen LogP contribution in [0.25, 0.3) is 10.8 Å². The van der Waals surface area contributed by atoms with E-state index < -0.39 is 10.8 Å². The Morgan fingerprint density at radius 1 is 1.12 bits per heavy atom. The minimum Gasteiger partial charge on any atom is -0.399 e. The number of nitro groups is 1. The fourth-order valence-electron chi connectivity index (χ4n) is 2.46. The Morgan fingerprint density at radius 2 is 1.88 bits per heavy atom. The maximum absolute atomic E-state index is 12.1. The summed E-state index contributed by atoms with van der Waals surface area (Å²) in [5.74, 6) is -0.577. The van der Waals surface area contributed by atoms with Crippen LogP contribution in [0.4, 0.5) is 11.4 Å². The lowest BCUT2D eigenvalue weighted by molar-refractivity contribution is -0.384. The second-order valence-corrected chi connectivity index (χ2v) is 5.34. The molecule has 25 heavy (non-hydrogen) atoms. The van der Waals surface area contributed by atoms with Crippen molar-refractivity contribution >= 4 is 34.3 Å². The highest BCUT2D eigenvalue weighted by molar-refractivity contribution is 6.01. The molecule has 0 spiro atoms. The Labute approximate surface area is 142 Å².